The molecule has 0 aliphatic heterocycles. The minimum absolute atomic E-state index is 0.00853. The van der Waals surface area contributed by atoms with Gasteiger partial charge < -0.3 is 9.47 Å². The number of unbranched alkanes of at least 4 members (excludes halogenated alkanes) is 1. The van der Waals surface area contributed by atoms with Crippen LogP contribution < -0.4 is 15.0 Å². The molecule has 4 rings (SSSR count). The molecule has 0 bridgehead atoms. The van der Waals surface area contributed by atoms with Crippen molar-refractivity contribution in [2.75, 3.05) is 7.11 Å². The molecule has 0 fully saturated rings. The molecule has 0 radical (unpaired) electrons. The highest BCUT2D eigenvalue weighted by Gasteiger charge is 2.13. The topological polar surface area (TPSA) is 109 Å². The number of methoxy groups -OCH3 is 1. The van der Waals surface area contributed by atoms with Crippen LogP contribution in [0.15, 0.2) is 75.0 Å². The molecule has 1 aromatic heterocycles. The Bertz CT molecular complexity index is 1520. The smallest absolute Gasteiger partial charge is 0.282 e. The van der Waals surface area contributed by atoms with Gasteiger partial charge in [0.2, 0.25) is 0 Å². The van der Waals surface area contributed by atoms with Gasteiger partial charge in [-0.2, -0.15) is 9.78 Å². The van der Waals surface area contributed by atoms with E-state index in [-0.39, 0.29) is 17.9 Å². The Morgan fingerprint density at radius 2 is 1.95 bits per heavy atom. The predicted octanol–water partition coefficient (Wildman–Crippen LogP) is 5.88. The van der Waals surface area contributed by atoms with Crippen LogP contribution in [0.3, 0.4) is 0 Å². The molecule has 9 nitrogen and oxygen atoms in total. The van der Waals surface area contributed by atoms with Gasteiger partial charge in [-0.3, -0.25) is 14.9 Å². The Morgan fingerprint density at radius 1 is 1.16 bits per heavy atom. The molecule has 37 heavy (non-hydrogen) atoms. The molecule has 0 saturated carbocycles. The van der Waals surface area contributed by atoms with E-state index in [1.807, 2.05) is 12.1 Å². The standard InChI is InChI=1S/C27H25BrN4O5/c1-3-4-8-25-30-23-14-11-20(28)15-22(23)27(33)31(25)29-16-19-6-5-7-24(36-2)26(19)37-17-18-9-12-21(13-10-18)32(34)35/h5-7,9-16H,3-4,8,17H2,1-2H3. The van der Waals surface area contributed by atoms with Gasteiger partial charge in [-0.1, -0.05) is 35.3 Å². The third kappa shape index (κ3) is 6.03. The molecule has 0 N–H and O–H groups in total. The van der Waals surface area contributed by atoms with E-state index >= 15 is 0 Å². The number of fused-ring (bicyclic) bond motifs is 1. The highest BCUT2D eigenvalue weighted by Crippen LogP contribution is 2.31. The fourth-order valence-corrected chi connectivity index (χ4v) is 4.11. The number of halogens is 1. The Hall–Kier alpha value is -4.05. The molecular formula is C27H25BrN4O5. The summed E-state index contributed by atoms with van der Waals surface area (Å²) in [5, 5.41) is 15.9. The zero-order chi connectivity index (χ0) is 26.4. The van der Waals surface area contributed by atoms with Crippen LogP contribution in [-0.4, -0.2) is 27.9 Å². The maximum absolute atomic E-state index is 13.4. The summed E-state index contributed by atoms with van der Waals surface area (Å²) in [6.45, 7) is 2.24. The van der Waals surface area contributed by atoms with E-state index < -0.39 is 4.92 Å². The van der Waals surface area contributed by atoms with Gasteiger partial charge in [0.15, 0.2) is 11.5 Å². The van der Waals surface area contributed by atoms with Crippen molar-refractivity contribution in [3.05, 3.63) is 103 Å². The van der Waals surface area contributed by atoms with E-state index in [1.165, 1.54) is 23.9 Å². The van der Waals surface area contributed by atoms with E-state index in [0.717, 1.165) is 22.9 Å². The average molecular weight is 565 g/mol. The van der Waals surface area contributed by atoms with Gasteiger partial charge in [-0.15, -0.1) is 0 Å². The second-order valence-corrected chi connectivity index (χ2v) is 9.16. The summed E-state index contributed by atoms with van der Waals surface area (Å²) in [5.74, 6) is 1.51. The number of ether oxygens (including phenoxy) is 2. The largest absolute Gasteiger partial charge is 0.493 e. The van der Waals surface area contributed by atoms with E-state index in [9.17, 15) is 14.9 Å². The molecule has 0 unspecified atom stereocenters. The lowest BCUT2D eigenvalue weighted by Crippen LogP contribution is -2.22. The van der Waals surface area contributed by atoms with Crippen molar-refractivity contribution < 1.29 is 14.4 Å². The second-order valence-electron chi connectivity index (χ2n) is 8.25. The molecular weight excluding hydrogens is 540 g/mol. The fraction of sp³-hybridized carbons (Fsp3) is 0.222. The average Bonchev–Trinajstić information content (AvgIpc) is 2.91. The lowest BCUT2D eigenvalue weighted by molar-refractivity contribution is -0.384. The van der Waals surface area contributed by atoms with Crippen molar-refractivity contribution >= 4 is 38.7 Å². The molecule has 1 heterocycles. The molecule has 3 aromatic carbocycles. The summed E-state index contributed by atoms with van der Waals surface area (Å²) < 4.78 is 13.7. The summed E-state index contributed by atoms with van der Waals surface area (Å²) in [4.78, 5) is 28.5. The van der Waals surface area contributed by atoms with Crippen LogP contribution in [0, 0.1) is 10.1 Å². The van der Waals surface area contributed by atoms with Crippen molar-refractivity contribution in [2.24, 2.45) is 5.10 Å². The number of para-hydroxylation sites is 1. The number of nitro groups is 1. The summed E-state index contributed by atoms with van der Waals surface area (Å²) in [5.41, 5.74) is 1.73. The van der Waals surface area contributed by atoms with Gasteiger partial charge >= 0.3 is 0 Å². The highest BCUT2D eigenvalue weighted by molar-refractivity contribution is 9.10. The zero-order valence-corrected chi connectivity index (χ0v) is 22.0. The number of aryl methyl sites for hydroxylation is 1. The third-order valence-electron chi connectivity index (χ3n) is 5.70. The minimum atomic E-state index is -0.448. The second kappa shape index (κ2) is 11.8. The maximum Gasteiger partial charge on any atom is 0.282 e. The van der Waals surface area contributed by atoms with E-state index in [1.54, 1.807) is 42.6 Å². The number of nitro benzene ring substituents is 1. The van der Waals surface area contributed by atoms with Crippen LogP contribution in [0.25, 0.3) is 10.9 Å². The van der Waals surface area contributed by atoms with Crippen molar-refractivity contribution in [3.63, 3.8) is 0 Å². The normalized spacial score (nSPS) is 11.2. The van der Waals surface area contributed by atoms with Crippen LogP contribution in [0.4, 0.5) is 5.69 Å². The number of rotatable bonds is 10. The van der Waals surface area contributed by atoms with Crippen LogP contribution in [-0.2, 0) is 13.0 Å². The lowest BCUT2D eigenvalue weighted by Gasteiger charge is -2.14. The summed E-state index contributed by atoms with van der Waals surface area (Å²) >= 11 is 3.42. The molecule has 0 amide bonds. The fourth-order valence-electron chi connectivity index (χ4n) is 3.75. The molecule has 0 atom stereocenters. The number of benzene rings is 3. The lowest BCUT2D eigenvalue weighted by atomic mass is 10.2. The van der Waals surface area contributed by atoms with Crippen LogP contribution in [0.1, 0.15) is 36.7 Å². The quantitative estimate of drug-likeness (QED) is 0.135. The van der Waals surface area contributed by atoms with Crippen molar-refractivity contribution in [1.82, 2.24) is 9.66 Å². The summed E-state index contributed by atoms with van der Waals surface area (Å²) in [6.07, 6.45) is 3.98. The monoisotopic (exact) mass is 564 g/mol. The SMILES string of the molecule is CCCCc1nc2ccc(Br)cc2c(=O)n1N=Cc1cccc(OC)c1OCc1ccc([N+](=O)[O-])cc1. The van der Waals surface area contributed by atoms with Crippen LogP contribution in [0.5, 0.6) is 11.5 Å². The van der Waals surface area contributed by atoms with E-state index in [0.29, 0.717) is 40.2 Å². The molecule has 0 saturated heterocycles. The minimum Gasteiger partial charge on any atom is -0.493 e. The van der Waals surface area contributed by atoms with Gasteiger partial charge in [-0.05, 0) is 54.4 Å². The first-order valence-corrected chi connectivity index (χ1v) is 12.5. The van der Waals surface area contributed by atoms with E-state index in [4.69, 9.17) is 14.5 Å². The number of hydrogen-bond donors (Lipinski definition) is 0. The first-order chi connectivity index (χ1) is 17.9. The number of non-ortho nitro benzene ring substituents is 1. The molecule has 190 valence electrons. The van der Waals surface area contributed by atoms with E-state index in [2.05, 4.69) is 28.0 Å². The third-order valence-corrected chi connectivity index (χ3v) is 6.19. The molecule has 10 heteroatoms. The highest BCUT2D eigenvalue weighted by atomic mass is 79.9. The number of aromatic nitrogens is 2. The Morgan fingerprint density at radius 3 is 2.65 bits per heavy atom. The zero-order valence-electron chi connectivity index (χ0n) is 20.4. The number of hydrogen-bond acceptors (Lipinski definition) is 7. The van der Waals surface area contributed by atoms with Gasteiger partial charge in [0.25, 0.3) is 11.2 Å². The van der Waals surface area contributed by atoms with Gasteiger partial charge in [0, 0.05) is 28.6 Å². The van der Waals surface area contributed by atoms with Crippen molar-refractivity contribution in [1.29, 1.82) is 0 Å². The molecule has 0 spiro atoms. The van der Waals surface area contributed by atoms with Gasteiger partial charge in [0.05, 0.1) is 29.2 Å². The Labute approximate surface area is 221 Å². The Balaban J connectivity index is 1.70. The van der Waals surface area contributed by atoms with Crippen molar-refractivity contribution in [2.45, 2.75) is 32.8 Å². The maximum atomic E-state index is 13.4. The van der Waals surface area contributed by atoms with Gasteiger partial charge in [-0.25, -0.2) is 4.98 Å². The first-order valence-electron chi connectivity index (χ1n) is 11.7. The summed E-state index contributed by atoms with van der Waals surface area (Å²) in [7, 11) is 1.54. The summed E-state index contributed by atoms with van der Waals surface area (Å²) in [6, 6.07) is 16.9. The van der Waals surface area contributed by atoms with Crippen LogP contribution in [0.2, 0.25) is 0 Å². The van der Waals surface area contributed by atoms with Crippen molar-refractivity contribution in [3.8, 4) is 11.5 Å². The van der Waals surface area contributed by atoms with Gasteiger partial charge in [0.1, 0.15) is 12.4 Å². The molecule has 4 aromatic rings. The molecule has 0 aliphatic carbocycles. The Kier molecular flexibility index (Phi) is 8.29. The predicted molar refractivity (Wildman–Crippen MR) is 146 cm³/mol. The molecule has 0 aliphatic rings. The number of nitrogens with zero attached hydrogens (tertiary/aromatic N) is 4. The van der Waals surface area contributed by atoms with Crippen LogP contribution >= 0.6 is 15.9 Å². The first kappa shape index (κ1) is 26.0.